The van der Waals surface area contributed by atoms with Crippen LogP contribution < -0.4 is 16.0 Å². The van der Waals surface area contributed by atoms with Crippen LogP contribution in [-0.2, 0) is 25.5 Å². The maximum Gasteiger partial charge on any atom is 0.355 e. The number of esters is 1. The maximum absolute atomic E-state index is 13.8. The van der Waals surface area contributed by atoms with E-state index < -0.39 is 35.3 Å². The van der Waals surface area contributed by atoms with Crippen molar-refractivity contribution >= 4 is 63.4 Å². The van der Waals surface area contributed by atoms with Crippen molar-refractivity contribution in [3.05, 3.63) is 114 Å². The van der Waals surface area contributed by atoms with Crippen LogP contribution in [0.3, 0.4) is 0 Å². The number of nitrogens with one attached hydrogen (secondary N) is 5. The summed E-state index contributed by atoms with van der Waals surface area (Å²) in [6.07, 6.45) is 6.03. The number of aromatic amines is 1. The number of H-pyrrole nitrogens is 1. The number of hydrogen-bond donors (Lipinski definition) is 5. The summed E-state index contributed by atoms with van der Waals surface area (Å²) < 4.78 is 8.29. The monoisotopic (exact) mass is 721 g/mol. The number of hydrogen-bond acceptors (Lipinski definition) is 10. The molecule has 0 spiro atoms. The molecule has 6 aromatic rings. The summed E-state index contributed by atoms with van der Waals surface area (Å²) in [5.41, 5.74) is 2.32. The molecule has 16 nitrogen and oxygen atoms in total. The lowest BCUT2D eigenvalue weighted by molar-refractivity contribution is -0.137. The van der Waals surface area contributed by atoms with Gasteiger partial charge in [0.2, 0.25) is 5.91 Å². The van der Waals surface area contributed by atoms with E-state index in [-0.39, 0.29) is 28.7 Å². The van der Waals surface area contributed by atoms with Crippen LogP contribution in [0.5, 0.6) is 0 Å². The Labute approximate surface area is 301 Å². The molecule has 52 heavy (non-hydrogen) atoms. The van der Waals surface area contributed by atoms with Gasteiger partial charge in [-0.3, -0.25) is 24.4 Å². The summed E-state index contributed by atoms with van der Waals surface area (Å²) >= 11 is 6.16. The smallest absolute Gasteiger partial charge is 0.355 e. The molecule has 3 aromatic carbocycles. The van der Waals surface area contributed by atoms with Gasteiger partial charge in [-0.1, -0.05) is 35.9 Å². The molecule has 5 N–H and O–H groups in total. The molecule has 0 aliphatic rings. The Balaban J connectivity index is 1.22. The third kappa shape index (κ3) is 8.36. The Kier molecular flexibility index (Phi) is 9.91. The molecule has 3 amide bonds. The number of fused-ring (bicyclic) bond motifs is 1. The number of ether oxygens (including phenoxy) is 1. The van der Waals surface area contributed by atoms with Gasteiger partial charge in [0, 0.05) is 46.0 Å². The van der Waals surface area contributed by atoms with Gasteiger partial charge >= 0.3 is 17.8 Å². The highest BCUT2D eigenvalue weighted by atomic mass is 35.5. The van der Waals surface area contributed by atoms with Crippen molar-refractivity contribution in [1.29, 1.82) is 5.41 Å². The lowest BCUT2D eigenvalue weighted by Crippen LogP contribution is -2.49. The average molecular weight is 722 g/mol. The van der Waals surface area contributed by atoms with E-state index in [2.05, 4.69) is 41.4 Å². The van der Waals surface area contributed by atoms with Crippen molar-refractivity contribution in [3.8, 4) is 5.69 Å². The molecule has 0 aliphatic heterocycles. The fourth-order valence-corrected chi connectivity index (χ4v) is 5.32. The Morgan fingerprint density at radius 3 is 2.44 bits per heavy atom. The summed E-state index contributed by atoms with van der Waals surface area (Å²) in [7, 11) is 0. The number of imidazole rings is 1. The number of carbonyl (C=O) groups is 4. The van der Waals surface area contributed by atoms with Crippen molar-refractivity contribution in [3.63, 3.8) is 0 Å². The molecule has 3 aromatic heterocycles. The van der Waals surface area contributed by atoms with Crippen molar-refractivity contribution in [2.24, 2.45) is 0 Å². The van der Waals surface area contributed by atoms with Gasteiger partial charge in [-0.2, -0.15) is 4.68 Å². The SMILES string of the molecule is CC(C)(C)OC(=O)c1cc2cc(NC(=O)[C@H](Cc3ccc(C(=N)n4ccnc4)cc3)NC(=O)C(=O)Nc3cc(Cl)ccc3-n3cnnn3)ccc2[nH]1. The molecule has 0 fully saturated rings. The van der Waals surface area contributed by atoms with Crippen LogP contribution >= 0.6 is 11.6 Å². The first-order chi connectivity index (χ1) is 24.8. The van der Waals surface area contributed by atoms with Crippen LogP contribution in [0, 0.1) is 5.41 Å². The molecule has 0 saturated carbocycles. The summed E-state index contributed by atoms with van der Waals surface area (Å²) in [5.74, 6) is -3.10. The predicted octanol–water partition coefficient (Wildman–Crippen LogP) is 4.13. The average Bonchev–Trinajstić information content (AvgIpc) is 3.90. The second kappa shape index (κ2) is 14.7. The molecule has 3 heterocycles. The molecule has 0 saturated heterocycles. The number of rotatable bonds is 9. The molecule has 1 atom stereocenters. The zero-order chi connectivity index (χ0) is 37.0. The summed E-state index contributed by atoms with van der Waals surface area (Å²) in [6.45, 7) is 5.31. The second-order valence-electron chi connectivity index (χ2n) is 12.6. The number of amides is 3. The minimum atomic E-state index is -1.23. The first-order valence-corrected chi connectivity index (χ1v) is 16.2. The van der Waals surface area contributed by atoms with E-state index >= 15 is 0 Å². The topological polar surface area (TPSA) is 215 Å². The number of halogens is 1. The van der Waals surface area contributed by atoms with Crippen LogP contribution in [0.4, 0.5) is 11.4 Å². The van der Waals surface area contributed by atoms with E-state index in [0.717, 1.165) is 0 Å². The van der Waals surface area contributed by atoms with Gasteiger partial charge in [0.15, 0.2) is 0 Å². The quantitative estimate of drug-likeness (QED) is 0.0627. The molecule has 264 valence electrons. The van der Waals surface area contributed by atoms with Crippen LogP contribution in [0.15, 0.2) is 91.8 Å². The third-order valence-corrected chi connectivity index (χ3v) is 7.80. The minimum absolute atomic E-state index is 0.00816. The number of aromatic nitrogens is 7. The largest absolute Gasteiger partial charge is 0.455 e. The van der Waals surface area contributed by atoms with Gasteiger partial charge in [0.05, 0.1) is 11.4 Å². The van der Waals surface area contributed by atoms with Gasteiger partial charge in [0.1, 0.15) is 35.8 Å². The highest BCUT2D eigenvalue weighted by Crippen LogP contribution is 2.25. The van der Waals surface area contributed by atoms with E-state index in [1.807, 2.05) is 0 Å². The molecule has 17 heteroatoms. The lowest BCUT2D eigenvalue weighted by Gasteiger charge is -2.19. The molecule has 0 bridgehead atoms. The molecular weight excluding hydrogens is 690 g/mol. The Bertz CT molecular complexity index is 2280. The van der Waals surface area contributed by atoms with Gasteiger partial charge in [-0.15, -0.1) is 5.10 Å². The number of benzene rings is 3. The van der Waals surface area contributed by atoms with Crippen LogP contribution in [0.25, 0.3) is 16.6 Å². The number of carbonyl (C=O) groups excluding carboxylic acids is 4. The van der Waals surface area contributed by atoms with Crippen LogP contribution in [0.1, 0.15) is 42.4 Å². The van der Waals surface area contributed by atoms with E-state index in [9.17, 15) is 19.2 Å². The van der Waals surface area contributed by atoms with Gasteiger partial charge < -0.3 is 25.7 Å². The molecule has 0 aliphatic carbocycles. The molecular formula is C35H32ClN11O5. The third-order valence-electron chi connectivity index (χ3n) is 7.57. The predicted molar refractivity (Wildman–Crippen MR) is 191 cm³/mol. The van der Waals surface area contributed by atoms with Crippen molar-refractivity contribution < 1.29 is 23.9 Å². The molecule has 0 unspecified atom stereocenters. The Hall–Kier alpha value is -6.68. The summed E-state index contributed by atoms with van der Waals surface area (Å²) in [5, 5.41) is 28.2. The van der Waals surface area contributed by atoms with Gasteiger partial charge in [0.25, 0.3) is 0 Å². The molecule has 0 radical (unpaired) electrons. The van der Waals surface area contributed by atoms with E-state index in [1.165, 1.54) is 23.4 Å². The second-order valence-corrected chi connectivity index (χ2v) is 13.0. The van der Waals surface area contributed by atoms with E-state index in [1.54, 1.807) is 98.4 Å². The zero-order valence-electron chi connectivity index (χ0n) is 28.0. The highest BCUT2D eigenvalue weighted by Gasteiger charge is 2.26. The first-order valence-electron chi connectivity index (χ1n) is 15.8. The highest BCUT2D eigenvalue weighted by molar-refractivity contribution is 6.40. The fraction of sp³-hybridized carbons (Fsp3) is 0.171. The van der Waals surface area contributed by atoms with Crippen LogP contribution in [-0.4, -0.2) is 75.9 Å². The van der Waals surface area contributed by atoms with Crippen molar-refractivity contribution in [1.82, 2.24) is 40.1 Å². The van der Waals surface area contributed by atoms with Gasteiger partial charge in [-0.25, -0.2) is 9.78 Å². The fourth-order valence-electron chi connectivity index (χ4n) is 5.15. The van der Waals surface area contributed by atoms with E-state index in [0.29, 0.717) is 33.4 Å². The number of anilines is 2. The van der Waals surface area contributed by atoms with Crippen molar-refractivity contribution in [2.45, 2.75) is 38.8 Å². The van der Waals surface area contributed by atoms with Crippen LogP contribution in [0.2, 0.25) is 5.02 Å². The Morgan fingerprint density at radius 2 is 1.75 bits per heavy atom. The van der Waals surface area contributed by atoms with Gasteiger partial charge in [-0.05, 0) is 79.2 Å². The van der Waals surface area contributed by atoms with Crippen molar-refractivity contribution in [2.75, 3.05) is 10.6 Å². The Morgan fingerprint density at radius 1 is 0.962 bits per heavy atom. The maximum atomic E-state index is 13.8. The number of tetrazole rings is 1. The summed E-state index contributed by atoms with van der Waals surface area (Å²) in [4.78, 5) is 59.9. The molecule has 6 rings (SSSR count). The number of nitrogens with zero attached hydrogens (tertiary/aromatic N) is 6. The minimum Gasteiger partial charge on any atom is -0.455 e. The normalized spacial score (nSPS) is 11.8. The van der Waals surface area contributed by atoms with E-state index in [4.69, 9.17) is 21.7 Å². The summed E-state index contributed by atoms with van der Waals surface area (Å²) in [6, 6.07) is 16.8. The standard InChI is InChI=1S/C35H32ClN11O5/c1-35(2,3)52-34(51)28-16-22-15-24(9-10-25(22)41-28)40-31(48)27(14-20-4-6-21(7-5-20)30(37)46-13-12-38-18-46)43-33(50)32(49)42-26-17-23(36)8-11-29(26)47-19-39-44-45-47/h4-13,15-19,27,37,41H,14H2,1-3H3,(H,40,48)(H,42,49)(H,43,50)/t27-/m0/s1. The lowest BCUT2D eigenvalue weighted by atomic mass is 10.0. The first kappa shape index (κ1) is 35.2. The zero-order valence-corrected chi connectivity index (χ0v) is 28.8.